The Hall–Kier alpha value is -3.44. The quantitative estimate of drug-likeness (QED) is 0.374. The first-order valence-electron chi connectivity index (χ1n) is 12.7. The molecule has 11 heteroatoms. The van der Waals surface area contributed by atoms with Crippen LogP contribution in [0.25, 0.3) is 22.0 Å². The molecule has 0 spiro atoms. The summed E-state index contributed by atoms with van der Waals surface area (Å²) in [6.45, 7) is 10.6. The van der Waals surface area contributed by atoms with Gasteiger partial charge in [0.2, 0.25) is 5.91 Å². The van der Waals surface area contributed by atoms with Gasteiger partial charge in [-0.05, 0) is 44.5 Å². The van der Waals surface area contributed by atoms with Crippen LogP contribution in [0.1, 0.15) is 25.5 Å². The minimum atomic E-state index is -0.822. The molecule has 0 radical (unpaired) electrons. The van der Waals surface area contributed by atoms with Crippen molar-refractivity contribution in [1.29, 1.82) is 0 Å². The first-order valence-corrected chi connectivity index (χ1v) is 13.7. The number of aromatic nitrogens is 2. The Balaban J connectivity index is 1.76. The van der Waals surface area contributed by atoms with Gasteiger partial charge in [-0.2, -0.15) is 4.98 Å². The molecule has 3 heterocycles. The number of benzene rings is 2. The van der Waals surface area contributed by atoms with Gasteiger partial charge in [-0.25, -0.2) is 13.6 Å². The van der Waals surface area contributed by atoms with Crippen molar-refractivity contribution in [1.82, 2.24) is 14.5 Å². The number of rotatable bonds is 5. The smallest absolute Gasteiger partial charge is 0.350 e. The number of aryl methyl sites for hydroxylation is 1. The van der Waals surface area contributed by atoms with Crippen molar-refractivity contribution in [3.63, 3.8) is 0 Å². The Morgan fingerprint density at radius 1 is 1.23 bits per heavy atom. The van der Waals surface area contributed by atoms with Gasteiger partial charge in [0.25, 0.3) is 0 Å². The number of nitrogens with two attached hydrogens (primary N) is 1. The summed E-state index contributed by atoms with van der Waals surface area (Å²) in [4.78, 5) is 35.2. The maximum Gasteiger partial charge on any atom is 0.350 e. The molecule has 1 saturated heterocycles. The Morgan fingerprint density at radius 3 is 2.56 bits per heavy atom. The van der Waals surface area contributed by atoms with Crippen LogP contribution in [-0.2, 0) is 9.53 Å². The van der Waals surface area contributed by atoms with E-state index >= 15 is 4.39 Å². The first kappa shape index (κ1) is 27.1. The molecule has 3 aromatic rings. The van der Waals surface area contributed by atoms with Crippen LogP contribution < -0.4 is 16.3 Å². The lowest BCUT2D eigenvalue weighted by Crippen LogP contribution is -2.58. The van der Waals surface area contributed by atoms with Crippen LogP contribution in [0.3, 0.4) is 0 Å². The fourth-order valence-corrected chi connectivity index (χ4v) is 7.27. The van der Waals surface area contributed by atoms with Crippen molar-refractivity contribution in [2.24, 2.45) is 0 Å². The van der Waals surface area contributed by atoms with Gasteiger partial charge in [0.1, 0.15) is 17.5 Å². The van der Waals surface area contributed by atoms with Crippen LogP contribution in [0.5, 0.6) is 0 Å². The number of thioether (sulfide) groups is 1. The van der Waals surface area contributed by atoms with Crippen LogP contribution in [0.4, 0.5) is 20.3 Å². The summed E-state index contributed by atoms with van der Waals surface area (Å²) in [5, 5.41) is 0.748. The molecular weight excluding hydrogens is 524 g/mol. The number of carbonyl (C=O) groups is 1. The molecule has 1 fully saturated rings. The summed E-state index contributed by atoms with van der Waals surface area (Å²) in [6, 6.07) is 3.44. The molecular formula is C28H31F2N5O3S. The number of halogens is 2. The van der Waals surface area contributed by atoms with Gasteiger partial charge in [0.05, 0.1) is 23.9 Å². The molecule has 1 aromatic heterocycles. The normalized spacial score (nSPS) is 20.9. The van der Waals surface area contributed by atoms with Gasteiger partial charge in [-0.3, -0.25) is 9.36 Å². The third-order valence-corrected chi connectivity index (χ3v) is 8.73. The van der Waals surface area contributed by atoms with E-state index in [1.807, 2.05) is 31.7 Å². The van der Waals surface area contributed by atoms with E-state index in [1.165, 1.54) is 23.9 Å². The summed E-state index contributed by atoms with van der Waals surface area (Å²) in [5.74, 6) is -0.656. The SMILES string of the molecule is C=CC(=O)N1[C@H](C)CN(c2nc(=O)n3c4c(c(-c5cc(N)c(F)cc5F)c(C)cc24)SC[C@@H]3COC)C[C@@H]1C. The average Bonchev–Trinajstić information content (AvgIpc) is 2.88. The van der Waals surface area contributed by atoms with Crippen LogP contribution in [-0.4, -0.2) is 65.0 Å². The van der Waals surface area contributed by atoms with Crippen molar-refractivity contribution >= 4 is 40.1 Å². The first-order chi connectivity index (χ1) is 18.6. The zero-order valence-electron chi connectivity index (χ0n) is 22.3. The van der Waals surface area contributed by atoms with Crippen molar-refractivity contribution in [3.05, 3.63) is 58.5 Å². The summed E-state index contributed by atoms with van der Waals surface area (Å²) in [7, 11) is 1.58. The van der Waals surface area contributed by atoms with Crippen LogP contribution in [0, 0.1) is 18.6 Å². The molecule has 2 N–H and O–H groups in total. The third kappa shape index (κ3) is 4.47. The van der Waals surface area contributed by atoms with Gasteiger partial charge in [-0.15, -0.1) is 11.8 Å². The van der Waals surface area contributed by atoms with Crippen LogP contribution in [0.15, 0.2) is 40.5 Å². The predicted octanol–water partition coefficient (Wildman–Crippen LogP) is 4.14. The van der Waals surface area contributed by atoms with Crippen molar-refractivity contribution < 1.29 is 18.3 Å². The van der Waals surface area contributed by atoms with Crippen LogP contribution in [0.2, 0.25) is 0 Å². The lowest BCUT2D eigenvalue weighted by molar-refractivity contribution is -0.130. The summed E-state index contributed by atoms with van der Waals surface area (Å²) >= 11 is 1.50. The maximum atomic E-state index is 15.1. The third-order valence-electron chi connectivity index (χ3n) is 7.49. The molecule has 2 aliphatic heterocycles. The number of ether oxygens (including phenoxy) is 1. The monoisotopic (exact) mass is 555 g/mol. The minimum absolute atomic E-state index is 0.139. The molecule has 8 nitrogen and oxygen atoms in total. The number of hydrogen-bond acceptors (Lipinski definition) is 7. The lowest BCUT2D eigenvalue weighted by atomic mass is 9.96. The van der Waals surface area contributed by atoms with E-state index < -0.39 is 17.3 Å². The number of hydrogen-bond donors (Lipinski definition) is 1. The Morgan fingerprint density at radius 2 is 1.92 bits per heavy atom. The second-order valence-electron chi connectivity index (χ2n) is 10.2. The number of carbonyl (C=O) groups excluding carboxylic acids is 1. The van der Waals surface area contributed by atoms with E-state index in [9.17, 15) is 14.0 Å². The highest BCUT2D eigenvalue weighted by Crippen LogP contribution is 2.47. The van der Waals surface area contributed by atoms with E-state index in [4.69, 9.17) is 10.5 Å². The number of anilines is 2. The van der Waals surface area contributed by atoms with E-state index in [2.05, 4.69) is 11.6 Å². The standard InChI is InChI=1S/C28H31F2N5O3S/c1-6-23(36)34-15(3)10-33(11-16(34)4)27-19-7-14(2)24(18-8-22(31)21(30)9-20(18)29)26-25(19)35(28(37)32-27)17(12-38-5)13-39-26/h6-9,15-17H,1,10-13,31H2,2-5H3/t15-,16+,17-/m0/s1. The summed E-state index contributed by atoms with van der Waals surface area (Å²) in [6.07, 6.45) is 1.31. The second kappa shape index (κ2) is 10.3. The predicted molar refractivity (Wildman–Crippen MR) is 150 cm³/mol. The lowest BCUT2D eigenvalue weighted by Gasteiger charge is -2.45. The van der Waals surface area contributed by atoms with E-state index in [0.717, 1.165) is 17.0 Å². The zero-order chi connectivity index (χ0) is 28.2. The fraction of sp³-hybridized carbons (Fsp3) is 0.393. The van der Waals surface area contributed by atoms with Crippen LogP contribution >= 0.6 is 11.8 Å². The molecule has 0 bridgehead atoms. The number of piperazine rings is 1. The minimum Gasteiger partial charge on any atom is -0.396 e. The Bertz CT molecular complexity index is 1550. The zero-order valence-corrected chi connectivity index (χ0v) is 23.1. The number of nitrogens with zero attached hydrogens (tertiary/aromatic N) is 4. The largest absolute Gasteiger partial charge is 0.396 e. The number of amides is 1. The van der Waals surface area contributed by atoms with Crippen molar-refractivity contribution in [2.75, 3.05) is 43.2 Å². The second-order valence-corrected chi connectivity index (χ2v) is 11.2. The molecule has 1 amide bonds. The van der Waals surface area contributed by atoms with Gasteiger partial charge in [0, 0.05) is 65.5 Å². The molecule has 2 aliphatic rings. The Labute approximate surface area is 229 Å². The number of methoxy groups -OCH3 is 1. The van der Waals surface area contributed by atoms with Gasteiger partial charge >= 0.3 is 5.69 Å². The highest BCUT2D eigenvalue weighted by Gasteiger charge is 2.35. The molecule has 0 aliphatic carbocycles. The highest BCUT2D eigenvalue weighted by molar-refractivity contribution is 7.99. The molecule has 206 valence electrons. The van der Waals surface area contributed by atoms with E-state index in [-0.39, 0.29) is 35.3 Å². The van der Waals surface area contributed by atoms with Crippen molar-refractivity contribution in [2.45, 2.75) is 43.8 Å². The topological polar surface area (TPSA) is 93.7 Å². The maximum absolute atomic E-state index is 15.1. The Kier molecular flexibility index (Phi) is 7.15. The summed E-state index contributed by atoms with van der Waals surface area (Å²) in [5.41, 5.74) is 7.37. The molecule has 3 atom stereocenters. The molecule has 0 saturated carbocycles. The molecule has 39 heavy (non-hydrogen) atoms. The highest BCUT2D eigenvalue weighted by atomic mass is 32.2. The average molecular weight is 556 g/mol. The molecule has 5 rings (SSSR count). The van der Waals surface area contributed by atoms with E-state index in [1.54, 1.807) is 16.6 Å². The number of nitrogen functional groups attached to an aromatic ring is 1. The molecule has 2 aromatic carbocycles. The van der Waals surface area contributed by atoms with E-state index in [0.29, 0.717) is 47.2 Å². The van der Waals surface area contributed by atoms with Gasteiger partial charge in [-0.1, -0.05) is 6.58 Å². The fourth-order valence-electron chi connectivity index (χ4n) is 5.90. The van der Waals surface area contributed by atoms with Crippen molar-refractivity contribution in [3.8, 4) is 11.1 Å². The van der Waals surface area contributed by atoms with Gasteiger partial charge in [0.15, 0.2) is 0 Å². The molecule has 0 unspecified atom stereocenters. The van der Waals surface area contributed by atoms with Gasteiger partial charge < -0.3 is 20.3 Å². The summed E-state index contributed by atoms with van der Waals surface area (Å²) < 4.78 is 36.2.